The predicted octanol–water partition coefficient (Wildman–Crippen LogP) is 2.72. The Bertz CT molecular complexity index is 1310. The minimum absolute atomic E-state index is 0.246. The van der Waals surface area contributed by atoms with Gasteiger partial charge in [0.05, 0.1) is 6.21 Å². The number of aromatic hydroxyl groups is 1. The molecule has 2 heterocycles. The van der Waals surface area contributed by atoms with E-state index in [4.69, 9.17) is 0 Å². The zero-order chi connectivity index (χ0) is 24.2. The fourth-order valence-electron chi connectivity index (χ4n) is 3.66. The van der Waals surface area contributed by atoms with E-state index in [1.807, 2.05) is 12.1 Å². The lowest BCUT2D eigenvalue weighted by Crippen LogP contribution is -2.37. The Balaban J connectivity index is 2.05. The largest absolute Gasteiger partial charge is 0.507 e. The van der Waals surface area contributed by atoms with Crippen LogP contribution in [-0.2, 0) is 32.0 Å². The van der Waals surface area contributed by atoms with Gasteiger partial charge in [0.25, 0.3) is 5.56 Å². The fraction of sp³-hybridized carbons (Fsp3) is 0.478. The van der Waals surface area contributed by atoms with Crippen molar-refractivity contribution in [2.45, 2.75) is 52.4 Å². The highest BCUT2D eigenvalue weighted by Crippen LogP contribution is 2.39. The molecular formula is C23H32N6O3. The average Bonchev–Trinajstić information content (AvgIpc) is 3.00. The van der Waals surface area contributed by atoms with Crippen molar-refractivity contribution in [2.75, 3.05) is 5.43 Å². The van der Waals surface area contributed by atoms with Crippen molar-refractivity contribution in [2.24, 2.45) is 26.2 Å². The first kappa shape index (κ1) is 23.3. The number of hydrogen-bond donors (Lipinski definition) is 2. The number of benzene rings is 1. The maximum atomic E-state index is 12.5. The van der Waals surface area contributed by atoms with Crippen LogP contribution >= 0.6 is 0 Å². The van der Waals surface area contributed by atoms with Crippen LogP contribution in [0.3, 0.4) is 0 Å². The number of imidazole rings is 1. The number of rotatable bonds is 3. The number of hydrogen-bond acceptors (Lipinski definition) is 6. The van der Waals surface area contributed by atoms with Gasteiger partial charge < -0.3 is 9.67 Å². The molecule has 0 amide bonds. The quantitative estimate of drug-likeness (QED) is 0.481. The van der Waals surface area contributed by atoms with Gasteiger partial charge in [-0.25, -0.2) is 10.2 Å². The molecule has 2 N–H and O–H groups in total. The van der Waals surface area contributed by atoms with Crippen molar-refractivity contribution < 1.29 is 5.11 Å². The molecular weight excluding hydrogens is 408 g/mol. The van der Waals surface area contributed by atoms with Gasteiger partial charge in [0, 0.05) is 32.3 Å². The molecule has 2 aromatic heterocycles. The Morgan fingerprint density at radius 3 is 1.97 bits per heavy atom. The van der Waals surface area contributed by atoms with Crippen molar-refractivity contribution in [1.29, 1.82) is 0 Å². The maximum Gasteiger partial charge on any atom is 0.332 e. The first-order chi connectivity index (χ1) is 14.6. The van der Waals surface area contributed by atoms with E-state index in [0.29, 0.717) is 17.2 Å². The highest BCUT2D eigenvalue weighted by Gasteiger charge is 2.26. The number of phenols is 1. The molecule has 32 heavy (non-hydrogen) atoms. The lowest BCUT2D eigenvalue weighted by atomic mass is 9.78. The molecule has 0 aliphatic carbocycles. The standard InChI is InChI=1S/C23H32N6O3/c1-22(2,3)14-10-13(11-15(17(14)30)23(4,5)6)12-24-26-20-25-18-16(27(20)7)19(31)29(9)21(32)28(18)8/h10-12,30H,1-9H3,(H,25,26)/b24-12+. The van der Waals surface area contributed by atoms with E-state index in [2.05, 4.69) is 57.1 Å². The van der Waals surface area contributed by atoms with Gasteiger partial charge in [-0.1, -0.05) is 41.5 Å². The molecule has 0 saturated carbocycles. The van der Waals surface area contributed by atoms with Crippen molar-refractivity contribution in [3.8, 4) is 5.75 Å². The van der Waals surface area contributed by atoms with Crippen LogP contribution in [0.4, 0.5) is 5.95 Å². The minimum Gasteiger partial charge on any atom is -0.507 e. The Labute approximate surface area is 187 Å². The summed E-state index contributed by atoms with van der Waals surface area (Å²) in [7, 11) is 4.70. The second-order valence-corrected chi connectivity index (χ2v) is 10.2. The van der Waals surface area contributed by atoms with Gasteiger partial charge in [0.2, 0.25) is 5.95 Å². The second-order valence-electron chi connectivity index (χ2n) is 10.2. The molecule has 0 aliphatic heterocycles. The third-order valence-corrected chi connectivity index (χ3v) is 5.60. The highest BCUT2D eigenvalue weighted by atomic mass is 16.3. The molecule has 0 unspecified atom stereocenters. The molecule has 0 fully saturated rings. The first-order valence-electron chi connectivity index (χ1n) is 10.4. The summed E-state index contributed by atoms with van der Waals surface area (Å²) in [4.78, 5) is 29.1. The second kappa shape index (κ2) is 7.65. The van der Waals surface area contributed by atoms with Crippen LogP contribution in [0.1, 0.15) is 58.2 Å². The molecule has 3 aromatic rings. The van der Waals surface area contributed by atoms with Crippen molar-refractivity contribution in [3.63, 3.8) is 0 Å². The summed E-state index contributed by atoms with van der Waals surface area (Å²) >= 11 is 0. The Hall–Kier alpha value is -3.36. The topological polar surface area (TPSA) is 106 Å². The zero-order valence-electron chi connectivity index (χ0n) is 20.2. The summed E-state index contributed by atoms with van der Waals surface area (Å²) in [5.74, 6) is 0.641. The Kier molecular flexibility index (Phi) is 5.57. The summed E-state index contributed by atoms with van der Waals surface area (Å²) in [6.07, 6.45) is 1.65. The van der Waals surface area contributed by atoms with Crippen molar-refractivity contribution >= 4 is 23.3 Å². The number of aryl methyl sites for hydroxylation is 2. The molecule has 0 bridgehead atoms. The van der Waals surface area contributed by atoms with Gasteiger partial charge in [0.1, 0.15) is 5.75 Å². The third kappa shape index (κ3) is 3.94. The summed E-state index contributed by atoms with van der Waals surface area (Å²) < 4.78 is 3.96. The van der Waals surface area contributed by atoms with E-state index in [0.717, 1.165) is 21.3 Å². The van der Waals surface area contributed by atoms with E-state index in [1.165, 1.54) is 11.6 Å². The van der Waals surface area contributed by atoms with Crippen molar-refractivity contribution in [1.82, 2.24) is 18.7 Å². The summed E-state index contributed by atoms with van der Waals surface area (Å²) in [6, 6.07) is 3.84. The molecule has 172 valence electrons. The smallest absolute Gasteiger partial charge is 0.332 e. The van der Waals surface area contributed by atoms with E-state index in [9.17, 15) is 14.7 Å². The van der Waals surface area contributed by atoms with Crippen molar-refractivity contribution in [3.05, 3.63) is 49.7 Å². The molecule has 0 radical (unpaired) electrons. The van der Waals surface area contributed by atoms with Crippen LogP contribution in [0, 0.1) is 0 Å². The first-order valence-corrected chi connectivity index (χ1v) is 10.4. The SMILES string of the molecule is Cn1c(=O)c2c(nc(N/N=C/c3cc(C(C)(C)C)c(O)c(C(C)(C)C)c3)n2C)n(C)c1=O. The Morgan fingerprint density at radius 1 is 0.938 bits per heavy atom. The van der Waals surface area contributed by atoms with Gasteiger partial charge in [0.15, 0.2) is 11.2 Å². The van der Waals surface area contributed by atoms with Gasteiger partial charge in [-0.15, -0.1) is 0 Å². The third-order valence-electron chi connectivity index (χ3n) is 5.60. The number of phenolic OH excluding ortho intramolecular Hbond substituents is 1. The summed E-state index contributed by atoms with van der Waals surface area (Å²) in [5, 5.41) is 15.2. The molecule has 9 nitrogen and oxygen atoms in total. The fourth-order valence-corrected chi connectivity index (χ4v) is 3.66. The van der Waals surface area contributed by atoms with Crippen LogP contribution in [0.2, 0.25) is 0 Å². The molecule has 3 rings (SSSR count). The minimum atomic E-state index is -0.441. The van der Waals surface area contributed by atoms with Crippen LogP contribution < -0.4 is 16.7 Å². The number of nitrogens with one attached hydrogen (secondary N) is 1. The zero-order valence-corrected chi connectivity index (χ0v) is 20.2. The van der Waals surface area contributed by atoms with Gasteiger partial charge in [-0.05, 0) is 28.5 Å². The van der Waals surface area contributed by atoms with Gasteiger partial charge in [-0.3, -0.25) is 13.9 Å². The number of aromatic nitrogens is 4. The number of hydrazone groups is 1. The van der Waals surface area contributed by atoms with E-state index in [-0.39, 0.29) is 16.5 Å². The molecule has 1 aromatic carbocycles. The molecule has 0 saturated heterocycles. The summed E-state index contributed by atoms with van der Waals surface area (Å²) in [5.41, 5.74) is 4.62. The number of fused-ring (bicyclic) bond motifs is 1. The van der Waals surface area contributed by atoms with Gasteiger partial charge >= 0.3 is 5.69 Å². The lowest BCUT2D eigenvalue weighted by Gasteiger charge is -2.27. The average molecular weight is 441 g/mol. The summed E-state index contributed by atoms with van der Waals surface area (Å²) in [6.45, 7) is 12.3. The van der Waals surface area contributed by atoms with E-state index < -0.39 is 11.2 Å². The van der Waals surface area contributed by atoms with Crippen LogP contribution in [-0.4, -0.2) is 30.0 Å². The van der Waals surface area contributed by atoms with Gasteiger partial charge in [-0.2, -0.15) is 10.1 Å². The normalized spacial score (nSPS) is 12.8. The van der Waals surface area contributed by atoms with Crippen LogP contribution in [0.25, 0.3) is 11.2 Å². The van der Waals surface area contributed by atoms with E-state index >= 15 is 0 Å². The number of nitrogens with zero attached hydrogens (tertiary/aromatic N) is 5. The molecule has 0 atom stereocenters. The van der Waals surface area contributed by atoms with Crippen LogP contribution in [0.5, 0.6) is 5.75 Å². The van der Waals surface area contributed by atoms with Crippen LogP contribution in [0.15, 0.2) is 26.8 Å². The lowest BCUT2D eigenvalue weighted by molar-refractivity contribution is 0.423. The van der Waals surface area contributed by atoms with E-state index in [1.54, 1.807) is 24.9 Å². The predicted molar refractivity (Wildman–Crippen MR) is 128 cm³/mol. The maximum absolute atomic E-state index is 12.5. The molecule has 0 aliphatic rings. The number of anilines is 1. The molecule has 9 heteroatoms. The Morgan fingerprint density at radius 2 is 1.47 bits per heavy atom. The highest BCUT2D eigenvalue weighted by molar-refractivity contribution is 5.82. The monoisotopic (exact) mass is 440 g/mol. The molecule has 0 spiro atoms.